The molecule has 4 atom stereocenters. The van der Waals surface area contributed by atoms with Crippen molar-refractivity contribution in [2.24, 2.45) is 17.3 Å². The molecule has 0 fully saturated rings. The average Bonchev–Trinajstić information content (AvgIpc) is 3.05. The predicted octanol–water partition coefficient (Wildman–Crippen LogP) is 11.2. The molecule has 0 aromatic carbocycles. The Morgan fingerprint density at radius 2 is 1.49 bits per heavy atom. The first-order chi connectivity index (χ1) is 19.4. The Labute approximate surface area is 267 Å². The van der Waals surface area contributed by atoms with Crippen molar-refractivity contribution in [2.75, 3.05) is 6.61 Å². The highest BCUT2D eigenvalue weighted by Crippen LogP contribution is 2.51. The van der Waals surface area contributed by atoms with Crippen LogP contribution >= 0.6 is 0 Å². The van der Waals surface area contributed by atoms with Gasteiger partial charge in [-0.25, -0.2) is 0 Å². The minimum absolute atomic E-state index is 0.0234. The number of aliphatic hydroxyl groups is 1. The largest absolute Gasteiger partial charge is 0.504 e. The molecule has 1 N–H and O–H groups in total. The first kappa shape index (κ1) is 38.0. The topological polar surface area (TPSA) is 55.8 Å². The molecular weight excluding hydrogens is 565 g/mol. The molecule has 0 aliphatic heterocycles. The van der Waals surface area contributed by atoms with E-state index in [0.717, 1.165) is 31.3 Å². The minimum Gasteiger partial charge on any atom is -0.504 e. The van der Waals surface area contributed by atoms with Gasteiger partial charge in [0.25, 0.3) is 0 Å². The van der Waals surface area contributed by atoms with Crippen LogP contribution < -0.4 is 0 Å². The number of carbonyl (C=O) groups is 1. The molecule has 0 heterocycles. The molecule has 0 radical (unpaired) electrons. The lowest BCUT2D eigenvalue weighted by molar-refractivity contribution is -0.126. The summed E-state index contributed by atoms with van der Waals surface area (Å²) in [4.78, 5) is 13.9. The van der Waals surface area contributed by atoms with Gasteiger partial charge in [-0.3, -0.25) is 4.79 Å². The molecule has 2 aliphatic carbocycles. The molecule has 43 heavy (non-hydrogen) atoms. The van der Waals surface area contributed by atoms with Gasteiger partial charge in [0.05, 0.1) is 6.10 Å². The molecule has 0 unspecified atom stereocenters. The maximum Gasteiger partial charge on any atom is 0.203 e. The van der Waals surface area contributed by atoms with Crippen molar-refractivity contribution in [3.63, 3.8) is 0 Å². The van der Waals surface area contributed by atoms with E-state index in [1.807, 2.05) is 0 Å². The number of Topliss-reactive ketones (excluding diaryl/α,β-unsaturated/α-hetero) is 1. The van der Waals surface area contributed by atoms with Crippen molar-refractivity contribution in [2.45, 2.75) is 157 Å². The Bertz CT molecular complexity index is 1130. The third-order valence-corrected chi connectivity index (χ3v) is 20.3. The summed E-state index contributed by atoms with van der Waals surface area (Å²) in [5, 5.41) is 11.7. The molecule has 2 rings (SSSR count). The normalized spacial score (nSPS) is 30.3. The maximum absolute atomic E-state index is 13.9. The molecule has 2 aliphatic rings. The summed E-state index contributed by atoms with van der Waals surface area (Å²) < 4.78 is 13.7. The number of hydrogen-bond acceptors (Lipinski definition) is 4. The first-order valence-corrected chi connectivity index (χ1v) is 22.5. The quantitative estimate of drug-likeness (QED) is 0.234. The Balaban J connectivity index is 2.56. The molecule has 4 nitrogen and oxygen atoms in total. The minimum atomic E-state index is -2.01. The van der Waals surface area contributed by atoms with Gasteiger partial charge < -0.3 is 14.0 Å². The van der Waals surface area contributed by atoms with Crippen LogP contribution in [0, 0.1) is 17.3 Å². The summed E-state index contributed by atoms with van der Waals surface area (Å²) >= 11 is 0. The number of hydrogen-bond donors (Lipinski definition) is 1. The Morgan fingerprint density at radius 1 is 0.930 bits per heavy atom. The van der Waals surface area contributed by atoms with Crippen LogP contribution in [0.3, 0.4) is 0 Å². The zero-order valence-electron chi connectivity index (χ0n) is 30.6. The molecule has 0 aromatic heterocycles. The van der Waals surface area contributed by atoms with Crippen LogP contribution in [-0.4, -0.2) is 40.2 Å². The molecule has 0 spiro atoms. The molecule has 0 saturated heterocycles. The highest BCUT2D eigenvalue weighted by atomic mass is 28.4. The fourth-order valence-corrected chi connectivity index (χ4v) is 8.22. The highest BCUT2D eigenvalue weighted by molar-refractivity contribution is 6.74. The second kappa shape index (κ2) is 14.0. The van der Waals surface area contributed by atoms with Crippen molar-refractivity contribution in [3.05, 3.63) is 46.3 Å². The van der Waals surface area contributed by atoms with Crippen LogP contribution in [0.2, 0.25) is 36.3 Å². The SMILES string of the molecule is C/C1=C\C[C@]2(C)C(=O)C(O)=C([C@H](C)CO[Si](C)(C)C(C)(C)C)[C@H]2C/C=C(\C)[C@@H](O[Si](C)(C)C(C)(C)C)CC/C(C)=C/CC1. The summed E-state index contributed by atoms with van der Waals surface area (Å²) in [7, 11) is -3.99. The number of aliphatic hydroxyl groups excluding tert-OH is 1. The molecular formula is C37H66O4Si2. The monoisotopic (exact) mass is 630 g/mol. The molecule has 0 amide bonds. The fraction of sp³-hybridized carbons (Fsp3) is 0.757. The number of ketones is 1. The van der Waals surface area contributed by atoms with E-state index in [1.165, 1.54) is 16.7 Å². The van der Waals surface area contributed by atoms with Gasteiger partial charge in [-0.1, -0.05) is 84.8 Å². The second-order valence-corrected chi connectivity index (χ2v) is 26.6. The van der Waals surface area contributed by atoms with Crippen LogP contribution in [0.5, 0.6) is 0 Å². The summed E-state index contributed by atoms with van der Waals surface area (Å²) in [6.07, 6.45) is 12.3. The zero-order chi connectivity index (χ0) is 33.2. The van der Waals surface area contributed by atoms with Crippen molar-refractivity contribution >= 4 is 22.4 Å². The van der Waals surface area contributed by atoms with Crippen LogP contribution in [0.1, 0.15) is 115 Å². The third kappa shape index (κ3) is 9.17. The highest BCUT2D eigenvalue weighted by Gasteiger charge is 2.52. The molecule has 6 heteroatoms. The smallest absolute Gasteiger partial charge is 0.203 e. The summed E-state index contributed by atoms with van der Waals surface area (Å²) in [6, 6.07) is 0. The van der Waals surface area contributed by atoms with Gasteiger partial charge in [0.1, 0.15) is 0 Å². The van der Waals surface area contributed by atoms with Gasteiger partial charge in [0.15, 0.2) is 22.4 Å². The maximum atomic E-state index is 13.9. The summed E-state index contributed by atoms with van der Waals surface area (Å²) in [6.45, 7) is 34.2. The van der Waals surface area contributed by atoms with E-state index in [2.05, 4.69) is 121 Å². The third-order valence-electron chi connectivity index (χ3n) is 11.3. The molecule has 0 saturated carbocycles. The van der Waals surface area contributed by atoms with Crippen LogP contribution in [-0.2, 0) is 13.6 Å². The lowest BCUT2D eigenvalue weighted by atomic mass is 9.70. The Morgan fingerprint density at radius 3 is 2.05 bits per heavy atom. The number of carbonyl (C=O) groups excluding carboxylic acids is 1. The number of rotatable bonds is 6. The van der Waals surface area contributed by atoms with E-state index >= 15 is 0 Å². The second-order valence-electron chi connectivity index (χ2n) is 17.0. The van der Waals surface area contributed by atoms with Gasteiger partial charge in [0, 0.05) is 23.9 Å². The summed E-state index contributed by atoms with van der Waals surface area (Å²) in [5.74, 6) is -0.270. The first-order valence-electron chi connectivity index (χ1n) is 16.7. The van der Waals surface area contributed by atoms with Gasteiger partial charge in [-0.15, -0.1) is 0 Å². The molecule has 0 bridgehead atoms. The van der Waals surface area contributed by atoms with Gasteiger partial charge in [-0.2, -0.15) is 0 Å². The average molecular weight is 631 g/mol. The van der Waals surface area contributed by atoms with Gasteiger partial charge in [-0.05, 0) is 107 Å². The van der Waals surface area contributed by atoms with E-state index in [1.54, 1.807) is 0 Å². The van der Waals surface area contributed by atoms with Crippen molar-refractivity contribution in [1.29, 1.82) is 0 Å². The van der Waals surface area contributed by atoms with E-state index < -0.39 is 22.0 Å². The van der Waals surface area contributed by atoms with Crippen molar-refractivity contribution < 1.29 is 18.8 Å². The predicted molar refractivity (Wildman–Crippen MR) is 190 cm³/mol. The molecule has 246 valence electrons. The fourth-order valence-electron chi connectivity index (χ4n) is 5.75. The van der Waals surface area contributed by atoms with Gasteiger partial charge >= 0.3 is 0 Å². The van der Waals surface area contributed by atoms with E-state index in [0.29, 0.717) is 19.4 Å². The zero-order valence-corrected chi connectivity index (χ0v) is 32.6. The van der Waals surface area contributed by atoms with Crippen LogP contribution in [0.15, 0.2) is 46.3 Å². The van der Waals surface area contributed by atoms with E-state index in [4.69, 9.17) is 8.85 Å². The summed E-state index contributed by atoms with van der Waals surface area (Å²) in [5.41, 5.74) is 4.16. The number of allylic oxidation sites excluding steroid dienone is 6. The lowest BCUT2D eigenvalue weighted by Crippen LogP contribution is -2.44. The van der Waals surface area contributed by atoms with Gasteiger partial charge in [0.2, 0.25) is 5.78 Å². The van der Waals surface area contributed by atoms with E-state index in [9.17, 15) is 9.90 Å². The Hall–Kier alpha value is -1.22. The Kier molecular flexibility index (Phi) is 12.4. The molecule has 0 aromatic rings. The van der Waals surface area contributed by atoms with Crippen molar-refractivity contribution in [3.8, 4) is 0 Å². The van der Waals surface area contributed by atoms with Crippen LogP contribution in [0.4, 0.5) is 0 Å². The standard InChI is InChI=1S/C37H66O4Si2/c1-26-17-16-18-27(2)23-24-37(11)30(21-20-28(3)31(22-19-26)41-43(14,15)36(8,9)10)32(33(38)34(37)39)29(4)25-40-42(12,13)35(5,6)7/h17,20,23,29-31,38H,16,18-19,21-22,24-25H2,1-15H3/b26-17+,27-23+,28-20+/t29-,30-,31+,37+/m1/s1. The lowest BCUT2D eigenvalue weighted by Gasteiger charge is -2.40. The number of fused-ring (bicyclic) bond motifs is 1. The van der Waals surface area contributed by atoms with Crippen LogP contribution in [0.25, 0.3) is 0 Å². The van der Waals surface area contributed by atoms with E-state index in [-0.39, 0.29) is 39.6 Å². The van der Waals surface area contributed by atoms with Crippen molar-refractivity contribution in [1.82, 2.24) is 0 Å².